The number of benzene rings is 1. The van der Waals surface area contributed by atoms with Crippen LogP contribution in [0.1, 0.15) is 40.9 Å². The van der Waals surface area contributed by atoms with E-state index < -0.39 is 5.97 Å². The summed E-state index contributed by atoms with van der Waals surface area (Å²) in [5.41, 5.74) is 1.80. The third-order valence-electron chi connectivity index (χ3n) is 4.23. The fourth-order valence-electron chi connectivity index (χ4n) is 3.14. The maximum Gasteiger partial charge on any atom is 0.356 e. The minimum atomic E-state index is -1.04. The van der Waals surface area contributed by atoms with Crippen molar-refractivity contribution in [2.75, 3.05) is 0 Å². The van der Waals surface area contributed by atoms with Crippen LogP contribution in [0.15, 0.2) is 22.8 Å². The van der Waals surface area contributed by atoms with Crippen molar-refractivity contribution in [2.24, 2.45) is 0 Å². The number of carboxylic acids is 1. The van der Waals surface area contributed by atoms with Gasteiger partial charge < -0.3 is 9.67 Å². The lowest BCUT2D eigenvalue weighted by Crippen LogP contribution is -2.22. The Morgan fingerprint density at radius 1 is 1.45 bits per heavy atom. The molecule has 102 valence electrons. The number of aromatic carboxylic acids is 1. The molecule has 1 fully saturated rings. The highest BCUT2D eigenvalue weighted by Crippen LogP contribution is 2.52. The topological polar surface area (TPSA) is 55.1 Å². The second-order valence-electron chi connectivity index (χ2n) is 5.34. The van der Waals surface area contributed by atoms with Gasteiger partial charge in [-0.25, -0.2) is 14.2 Å². The van der Waals surface area contributed by atoms with Crippen LogP contribution in [0.5, 0.6) is 0 Å². The molecule has 3 heterocycles. The van der Waals surface area contributed by atoms with E-state index in [1.807, 2.05) is 4.57 Å². The second-order valence-corrected chi connectivity index (χ2v) is 6.19. The molecule has 2 aromatic rings. The third-order valence-corrected chi connectivity index (χ3v) is 4.84. The summed E-state index contributed by atoms with van der Waals surface area (Å²) in [5, 5.41) is 9.11. The Kier molecular flexibility index (Phi) is 2.36. The Bertz CT molecular complexity index is 750. The average Bonchev–Trinajstić information content (AvgIpc) is 2.68. The van der Waals surface area contributed by atoms with Gasteiger partial charge in [-0.05, 0) is 52.4 Å². The summed E-state index contributed by atoms with van der Waals surface area (Å²) in [7, 11) is 0. The standard InChI is InChI=1S/C14H10BrFN2O2/c15-10-3-9-8(4-11(10)16)6-1-7(2-6)18-5-12(14(19)20)17-13(9)18/h3-7H,1-2H2,(H,19,20). The molecule has 4 nitrogen and oxygen atoms in total. The van der Waals surface area contributed by atoms with Crippen LogP contribution in [-0.2, 0) is 0 Å². The van der Waals surface area contributed by atoms with Gasteiger partial charge >= 0.3 is 5.97 Å². The highest BCUT2D eigenvalue weighted by Gasteiger charge is 2.39. The predicted molar refractivity (Wildman–Crippen MR) is 73.3 cm³/mol. The number of rotatable bonds is 1. The molecule has 1 N–H and O–H groups in total. The first-order valence-electron chi connectivity index (χ1n) is 6.36. The summed E-state index contributed by atoms with van der Waals surface area (Å²) >= 11 is 3.19. The van der Waals surface area contributed by atoms with Crippen LogP contribution in [0.2, 0.25) is 0 Å². The molecule has 0 amide bonds. The van der Waals surface area contributed by atoms with Crippen LogP contribution >= 0.6 is 15.9 Å². The third kappa shape index (κ3) is 1.51. The van der Waals surface area contributed by atoms with Crippen LogP contribution in [0.4, 0.5) is 4.39 Å². The van der Waals surface area contributed by atoms with Gasteiger partial charge in [0.05, 0.1) is 4.47 Å². The lowest BCUT2D eigenvalue weighted by atomic mass is 9.76. The molecule has 1 aromatic carbocycles. The molecule has 0 radical (unpaired) electrons. The van der Waals surface area contributed by atoms with Crippen molar-refractivity contribution >= 4 is 21.9 Å². The van der Waals surface area contributed by atoms with E-state index >= 15 is 0 Å². The first kappa shape index (κ1) is 12.1. The Morgan fingerprint density at radius 3 is 2.90 bits per heavy atom. The average molecular weight is 337 g/mol. The van der Waals surface area contributed by atoms with Crippen molar-refractivity contribution in [2.45, 2.75) is 24.8 Å². The predicted octanol–water partition coefficient (Wildman–Crippen LogP) is 3.58. The van der Waals surface area contributed by atoms with Crippen LogP contribution in [-0.4, -0.2) is 20.6 Å². The van der Waals surface area contributed by atoms with E-state index in [1.54, 1.807) is 18.3 Å². The van der Waals surface area contributed by atoms with Gasteiger partial charge in [-0.15, -0.1) is 0 Å². The van der Waals surface area contributed by atoms with Crippen molar-refractivity contribution in [3.05, 3.63) is 39.9 Å². The maximum absolute atomic E-state index is 13.8. The smallest absolute Gasteiger partial charge is 0.356 e. The minimum Gasteiger partial charge on any atom is -0.476 e. The number of nitrogens with zero attached hydrogens (tertiary/aromatic N) is 2. The Morgan fingerprint density at radius 2 is 2.20 bits per heavy atom. The fourth-order valence-corrected chi connectivity index (χ4v) is 3.48. The van der Waals surface area contributed by atoms with Gasteiger partial charge in [0, 0.05) is 17.8 Å². The molecule has 1 aliphatic carbocycles. The van der Waals surface area contributed by atoms with Crippen molar-refractivity contribution in [3.63, 3.8) is 0 Å². The molecular weight excluding hydrogens is 327 g/mol. The molecule has 5 rings (SSSR count). The van der Waals surface area contributed by atoms with E-state index in [2.05, 4.69) is 20.9 Å². The monoisotopic (exact) mass is 336 g/mol. The fraction of sp³-hybridized carbons (Fsp3) is 0.286. The van der Waals surface area contributed by atoms with E-state index in [4.69, 9.17) is 5.11 Å². The van der Waals surface area contributed by atoms with E-state index in [-0.39, 0.29) is 17.6 Å². The zero-order chi connectivity index (χ0) is 14.0. The van der Waals surface area contributed by atoms with E-state index in [1.165, 1.54) is 0 Å². The lowest BCUT2D eigenvalue weighted by molar-refractivity contribution is 0.0691. The number of hydrogen-bond donors (Lipinski definition) is 1. The number of carbonyl (C=O) groups is 1. The molecule has 0 saturated heterocycles. The molecule has 0 unspecified atom stereocenters. The summed E-state index contributed by atoms with van der Waals surface area (Å²) in [5.74, 6) is -0.356. The van der Waals surface area contributed by atoms with Crippen molar-refractivity contribution < 1.29 is 14.3 Å². The van der Waals surface area contributed by atoms with Gasteiger partial charge in [-0.1, -0.05) is 0 Å². The molecule has 1 saturated carbocycles. The van der Waals surface area contributed by atoms with E-state index in [0.29, 0.717) is 16.2 Å². The van der Waals surface area contributed by atoms with Crippen LogP contribution in [0.3, 0.4) is 0 Å². The van der Waals surface area contributed by atoms with Crippen molar-refractivity contribution in [1.82, 2.24) is 9.55 Å². The molecule has 1 aromatic heterocycles. The Labute approximate surface area is 122 Å². The minimum absolute atomic E-state index is 0.0387. The number of aromatic nitrogens is 2. The van der Waals surface area contributed by atoms with E-state index in [9.17, 15) is 9.18 Å². The number of hydrogen-bond acceptors (Lipinski definition) is 2. The zero-order valence-electron chi connectivity index (χ0n) is 10.3. The van der Waals surface area contributed by atoms with Crippen LogP contribution < -0.4 is 0 Å². The van der Waals surface area contributed by atoms with Gasteiger partial charge in [0.15, 0.2) is 5.69 Å². The zero-order valence-corrected chi connectivity index (χ0v) is 11.9. The van der Waals surface area contributed by atoms with Gasteiger partial charge in [-0.2, -0.15) is 0 Å². The summed E-state index contributed by atoms with van der Waals surface area (Å²) in [4.78, 5) is 15.3. The van der Waals surface area contributed by atoms with Gasteiger partial charge in [-0.3, -0.25) is 0 Å². The maximum atomic E-state index is 13.8. The molecular formula is C14H10BrFN2O2. The molecule has 0 atom stereocenters. The molecule has 3 aliphatic rings. The Hall–Kier alpha value is -1.69. The molecule has 20 heavy (non-hydrogen) atoms. The molecule has 0 spiro atoms. The quantitative estimate of drug-likeness (QED) is 0.865. The summed E-state index contributed by atoms with van der Waals surface area (Å²) in [6.45, 7) is 0. The van der Waals surface area contributed by atoms with Crippen molar-refractivity contribution in [1.29, 1.82) is 0 Å². The first-order chi connectivity index (χ1) is 9.54. The van der Waals surface area contributed by atoms with Crippen molar-refractivity contribution in [3.8, 4) is 11.4 Å². The molecule has 6 heteroatoms. The van der Waals surface area contributed by atoms with Gasteiger partial charge in [0.2, 0.25) is 0 Å². The highest BCUT2D eigenvalue weighted by atomic mass is 79.9. The van der Waals surface area contributed by atoms with Crippen LogP contribution in [0.25, 0.3) is 11.4 Å². The Balaban J connectivity index is 2.01. The highest BCUT2D eigenvalue weighted by molar-refractivity contribution is 9.10. The van der Waals surface area contributed by atoms with Gasteiger partial charge in [0.1, 0.15) is 11.6 Å². The summed E-state index contributed by atoms with van der Waals surface area (Å²) < 4.78 is 16.1. The number of halogens is 2. The number of imidazole rings is 1. The largest absolute Gasteiger partial charge is 0.476 e. The first-order valence-corrected chi connectivity index (χ1v) is 7.15. The normalized spacial score (nSPS) is 22.5. The summed E-state index contributed by atoms with van der Waals surface area (Å²) in [6.07, 6.45) is 3.41. The number of carboxylic acid groups (broad SMARTS) is 1. The SMILES string of the molecule is O=C(O)c1cn2c(n1)-c1cc(Br)c(F)cc1C1CC2C1. The molecule has 2 bridgehead atoms. The summed E-state index contributed by atoms with van der Waals surface area (Å²) in [6, 6.07) is 3.52. The van der Waals surface area contributed by atoms with Gasteiger partial charge in [0.25, 0.3) is 0 Å². The second kappa shape index (κ2) is 3.91. The van der Waals surface area contributed by atoms with Crippen LogP contribution in [0, 0.1) is 5.82 Å². The molecule has 2 aliphatic heterocycles. The lowest BCUT2D eigenvalue weighted by Gasteiger charge is -2.34. The van der Waals surface area contributed by atoms with E-state index in [0.717, 1.165) is 24.0 Å².